The molecule has 0 unspecified atom stereocenters. The van der Waals surface area contributed by atoms with Gasteiger partial charge < -0.3 is 4.98 Å². The van der Waals surface area contributed by atoms with Crippen molar-refractivity contribution >= 4 is 11.1 Å². The number of aromatic nitrogens is 1. The van der Waals surface area contributed by atoms with Gasteiger partial charge in [0.25, 0.3) is 0 Å². The Kier molecular flexibility index (Phi) is 3.77. The summed E-state index contributed by atoms with van der Waals surface area (Å²) in [6.07, 6.45) is 9.09. The number of rotatable bonds is 5. The van der Waals surface area contributed by atoms with Gasteiger partial charge in [-0.25, -0.2) is 0 Å². The number of nitrogens with one attached hydrogen (secondary N) is 1. The first kappa shape index (κ1) is 13.2. The van der Waals surface area contributed by atoms with Crippen LogP contribution in [0.25, 0.3) is 11.1 Å². The largest absolute Gasteiger partial charge is 0.361 e. The summed E-state index contributed by atoms with van der Waals surface area (Å²) in [5, 5.41) is 0. The highest BCUT2D eigenvalue weighted by atomic mass is 14.7. The van der Waals surface area contributed by atoms with Crippen molar-refractivity contribution in [2.75, 3.05) is 0 Å². The van der Waals surface area contributed by atoms with Crippen LogP contribution in [0.5, 0.6) is 0 Å². The van der Waals surface area contributed by atoms with Crippen LogP contribution < -0.4 is 0 Å². The summed E-state index contributed by atoms with van der Waals surface area (Å²) in [5.74, 6) is 0. The fourth-order valence-corrected chi connectivity index (χ4v) is 3.16. The van der Waals surface area contributed by atoms with E-state index in [0.29, 0.717) is 0 Å². The summed E-state index contributed by atoms with van der Waals surface area (Å²) in [7, 11) is 0. The van der Waals surface area contributed by atoms with Gasteiger partial charge >= 0.3 is 0 Å². The predicted molar refractivity (Wildman–Crippen MR) is 86.4 cm³/mol. The molecular weight excluding hydrogens is 242 g/mol. The average molecular weight is 264 g/mol. The zero-order valence-corrected chi connectivity index (χ0v) is 12.4. The molecule has 1 aromatic carbocycles. The molecule has 0 aliphatic heterocycles. The van der Waals surface area contributed by atoms with Crippen LogP contribution >= 0.6 is 0 Å². The Morgan fingerprint density at radius 3 is 2.55 bits per heavy atom. The highest BCUT2D eigenvalue weighted by molar-refractivity contribution is 6.01. The Bertz CT molecular complexity index is 631. The third kappa shape index (κ3) is 2.22. The van der Waals surface area contributed by atoms with Crippen LogP contribution in [0.3, 0.4) is 0 Å². The molecular formula is C19H22N. The zero-order chi connectivity index (χ0) is 13.9. The summed E-state index contributed by atoms with van der Waals surface area (Å²) in [6.45, 7) is 4.50. The molecule has 0 bridgehead atoms. The van der Waals surface area contributed by atoms with Crippen LogP contribution in [-0.4, -0.2) is 4.98 Å². The van der Waals surface area contributed by atoms with E-state index < -0.39 is 0 Å². The molecule has 1 aliphatic carbocycles. The number of hydrogen-bond acceptors (Lipinski definition) is 0. The third-order valence-corrected chi connectivity index (χ3v) is 4.03. The standard InChI is InChI=1S/C19H22N/c1-3-7-14-11-12-20-19(14)18-13-15-9-5-6-10-16(15)17(18)8-4-2/h5-6,9-13,20H,3-4,7-8H2,1-2H3. The van der Waals surface area contributed by atoms with Gasteiger partial charge in [-0.3, -0.25) is 0 Å². The van der Waals surface area contributed by atoms with E-state index in [1.807, 2.05) is 0 Å². The Balaban J connectivity index is 2.07. The molecule has 2 aromatic rings. The summed E-state index contributed by atoms with van der Waals surface area (Å²) in [5.41, 5.74) is 8.46. The van der Waals surface area contributed by atoms with E-state index in [1.165, 1.54) is 46.4 Å². The Morgan fingerprint density at radius 1 is 0.950 bits per heavy atom. The van der Waals surface area contributed by atoms with Crippen molar-refractivity contribution < 1.29 is 0 Å². The van der Waals surface area contributed by atoms with Crippen molar-refractivity contribution in [1.82, 2.24) is 4.98 Å². The minimum atomic E-state index is 1.14. The zero-order valence-electron chi connectivity index (χ0n) is 12.4. The topological polar surface area (TPSA) is 15.8 Å². The highest BCUT2D eigenvalue weighted by Gasteiger charge is 2.23. The van der Waals surface area contributed by atoms with E-state index in [4.69, 9.17) is 0 Å². The van der Waals surface area contributed by atoms with Gasteiger partial charge in [0.2, 0.25) is 0 Å². The maximum atomic E-state index is 3.47. The second kappa shape index (κ2) is 5.70. The van der Waals surface area contributed by atoms with E-state index in [2.05, 4.69) is 61.8 Å². The molecule has 0 atom stereocenters. The van der Waals surface area contributed by atoms with Crippen molar-refractivity contribution in [2.45, 2.75) is 39.5 Å². The molecule has 0 saturated carbocycles. The minimum Gasteiger partial charge on any atom is -0.361 e. The molecule has 1 N–H and O–H groups in total. The first-order chi connectivity index (χ1) is 9.85. The monoisotopic (exact) mass is 264 g/mol. The Hall–Kier alpha value is -1.76. The summed E-state index contributed by atoms with van der Waals surface area (Å²) in [6, 6.07) is 11.0. The molecule has 1 aliphatic rings. The van der Waals surface area contributed by atoms with E-state index in [0.717, 1.165) is 12.8 Å². The van der Waals surface area contributed by atoms with Crippen molar-refractivity contribution in [3.05, 3.63) is 65.3 Å². The second-order valence-corrected chi connectivity index (χ2v) is 5.50. The summed E-state index contributed by atoms with van der Waals surface area (Å²) < 4.78 is 0. The lowest BCUT2D eigenvalue weighted by atomic mass is 9.97. The number of aryl methyl sites for hydroxylation is 1. The van der Waals surface area contributed by atoms with Gasteiger partial charge in [0.05, 0.1) is 0 Å². The number of H-pyrrole nitrogens is 1. The summed E-state index contributed by atoms with van der Waals surface area (Å²) in [4.78, 5) is 3.47. The number of hydrogen-bond donors (Lipinski definition) is 1. The van der Waals surface area contributed by atoms with Gasteiger partial charge in [-0.2, -0.15) is 0 Å². The van der Waals surface area contributed by atoms with Gasteiger partial charge in [0.1, 0.15) is 0 Å². The average Bonchev–Trinajstić information content (AvgIpc) is 3.05. The Morgan fingerprint density at radius 2 is 1.75 bits per heavy atom. The molecule has 1 nitrogen and oxygen atoms in total. The first-order valence-electron chi connectivity index (χ1n) is 7.69. The van der Waals surface area contributed by atoms with Crippen molar-refractivity contribution in [3.8, 4) is 0 Å². The van der Waals surface area contributed by atoms with Crippen LogP contribution in [-0.2, 0) is 6.42 Å². The Labute approximate surface area is 121 Å². The van der Waals surface area contributed by atoms with E-state index in [1.54, 1.807) is 0 Å². The third-order valence-electron chi connectivity index (χ3n) is 4.03. The van der Waals surface area contributed by atoms with Crippen molar-refractivity contribution in [2.24, 2.45) is 0 Å². The molecule has 1 aromatic heterocycles. The normalized spacial score (nSPS) is 13.9. The molecule has 0 fully saturated rings. The van der Waals surface area contributed by atoms with Crippen LogP contribution in [0.4, 0.5) is 0 Å². The molecule has 20 heavy (non-hydrogen) atoms. The molecule has 1 heteroatoms. The van der Waals surface area contributed by atoms with Crippen LogP contribution in [0.2, 0.25) is 0 Å². The van der Waals surface area contributed by atoms with E-state index in [-0.39, 0.29) is 0 Å². The first-order valence-corrected chi connectivity index (χ1v) is 7.69. The molecule has 0 saturated heterocycles. The number of benzene rings is 1. The fraction of sp³-hybridized carbons (Fsp3) is 0.316. The van der Waals surface area contributed by atoms with Crippen LogP contribution in [0.1, 0.15) is 55.5 Å². The lowest BCUT2D eigenvalue weighted by molar-refractivity contribution is 0.919. The predicted octanol–water partition coefficient (Wildman–Crippen LogP) is 5.24. The van der Waals surface area contributed by atoms with Crippen molar-refractivity contribution in [3.63, 3.8) is 0 Å². The maximum Gasteiger partial charge on any atom is 0.0455 e. The number of allylic oxidation sites excluding steroid dienone is 2. The maximum absolute atomic E-state index is 3.47. The SMILES string of the molecule is CCCC1=C(c2[nH]ccc2CCC)[CH]c2ccccc21. The van der Waals surface area contributed by atoms with E-state index in [9.17, 15) is 0 Å². The van der Waals surface area contributed by atoms with E-state index >= 15 is 0 Å². The molecule has 0 amide bonds. The quantitative estimate of drug-likeness (QED) is 0.759. The molecule has 1 radical (unpaired) electrons. The van der Waals surface area contributed by atoms with Gasteiger partial charge in [0, 0.05) is 18.3 Å². The van der Waals surface area contributed by atoms with Crippen LogP contribution in [0.15, 0.2) is 36.5 Å². The van der Waals surface area contributed by atoms with Gasteiger partial charge in [-0.15, -0.1) is 0 Å². The van der Waals surface area contributed by atoms with Gasteiger partial charge in [0.15, 0.2) is 0 Å². The summed E-state index contributed by atoms with van der Waals surface area (Å²) >= 11 is 0. The molecule has 0 spiro atoms. The smallest absolute Gasteiger partial charge is 0.0455 e. The number of aromatic amines is 1. The highest BCUT2D eigenvalue weighted by Crippen LogP contribution is 2.42. The number of fused-ring (bicyclic) bond motifs is 1. The molecule has 103 valence electrons. The van der Waals surface area contributed by atoms with Crippen molar-refractivity contribution in [1.29, 1.82) is 0 Å². The van der Waals surface area contributed by atoms with Crippen LogP contribution in [0, 0.1) is 6.42 Å². The second-order valence-electron chi connectivity index (χ2n) is 5.50. The minimum absolute atomic E-state index is 1.14. The molecule has 1 heterocycles. The lowest BCUT2D eigenvalue weighted by Gasteiger charge is -2.08. The fourth-order valence-electron chi connectivity index (χ4n) is 3.16. The van der Waals surface area contributed by atoms with Gasteiger partial charge in [-0.05, 0) is 46.7 Å². The molecule has 3 rings (SSSR count). The lowest BCUT2D eigenvalue weighted by Crippen LogP contribution is -1.92. The van der Waals surface area contributed by atoms with Gasteiger partial charge in [-0.1, -0.05) is 51.0 Å².